The van der Waals surface area contributed by atoms with Gasteiger partial charge in [0.1, 0.15) is 5.82 Å². The van der Waals surface area contributed by atoms with Crippen LogP contribution in [0, 0.1) is 12.7 Å². The fourth-order valence-electron chi connectivity index (χ4n) is 3.87. The molecule has 0 aliphatic carbocycles. The molecule has 0 N–H and O–H groups in total. The molecular formula is C24H25FN2O4S. The zero-order valence-corrected chi connectivity index (χ0v) is 18.9. The third kappa shape index (κ3) is 4.75. The lowest BCUT2D eigenvalue weighted by molar-refractivity contribution is 0.0670. The van der Waals surface area contributed by atoms with Crippen LogP contribution in [0.4, 0.5) is 4.39 Å². The van der Waals surface area contributed by atoms with E-state index in [0.29, 0.717) is 17.5 Å². The second-order valence-corrected chi connectivity index (χ2v) is 10.4. The predicted molar refractivity (Wildman–Crippen MR) is 119 cm³/mol. The Bertz CT molecular complexity index is 1240. The number of amides is 1. The Morgan fingerprint density at radius 2 is 1.88 bits per heavy atom. The number of rotatable bonds is 6. The largest absolute Gasteiger partial charge is 0.355 e. The van der Waals surface area contributed by atoms with Gasteiger partial charge in [0.15, 0.2) is 21.3 Å². The van der Waals surface area contributed by atoms with Gasteiger partial charge in [0.2, 0.25) is 0 Å². The van der Waals surface area contributed by atoms with Gasteiger partial charge in [0.05, 0.1) is 11.5 Å². The predicted octanol–water partition coefficient (Wildman–Crippen LogP) is 4.18. The van der Waals surface area contributed by atoms with Crippen molar-refractivity contribution in [3.05, 3.63) is 76.7 Å². The molecule has 1 aliphatic heterocycles. The maximum atomic E-state index is 13.9. The summed E-state index contributed by atoms with van der Waals surface area (Å²) in [5.74, 6) is -0.518. The third-order valence-corrected chi connectivity index (χ3v) is 7.63. The van der Waals surface area contributed by atoms with E-state index in [4.69, 9.17) is 4.52 Å². The number of aryl methyl sites for hydroxylation is 2. The lowest BCUT2D eigenvalue weighted by atomic mass is 10.1. The first-order valence-electron chi connectivity index (χ1n) is 10.6. The lowest BCUT2D eigenvalue weighted by Crippen LogP contribution is -2.40. The lowest BCUT2D eigenvalue weighted by Gasteiger charge is -2.27. The van der Waals surface area contributed by atoms with E-state index in [-0.39, 0.29) is 35.3 Å². The molecule has 4 rings (SSSR count). The second-order valence-electron chi connectivity index (χ2n) is 8.20. The first-order chi connectivity index (χ1) is 15.3. The summed E-state index contributed by atoms with van der Waals surface area (Å²) in [6.07, 6.45) is 1.29. The van der Waals surface area contributed by atoms with E-state index in [1.54, 1.807) is 24.0 Å². The Labute approximate surface area is 187 Å². The van der Waals surface area contributed by atoms with Crippen molar-refractivity contribution in [2.75, 3.05) is 11.5 Å². The zero-order valence-electron chi connectivity index (χ0n) is 18.0. The molecule has 0 saturated carbocycles. The Kier molecular flexibility index (Phi) is 6.15. The van der Waals surface area contributed by atoms with Gasteiger partial charge >= 0.3 is 0 Å². The van der Waals surface area contributed by atoms with Gasteiger partial charge in [-0.25, -0.2) is 12.8 Å². The summed E-state index contributed by atoms with van der Waals surface area (Å²) in [7, 11) is -3.19. The molecule has 1 saturated heterocycles. The van der Waals surface area contributed by atoms with Gasteiger partial charge in [-0.2, -0.15) is 0 Å². The van der Waals surface area contributed by atoms with Crippen LogP contribution in [0.25, 0.3) is 11.3 Å². The minimum absolute atomic E-state index is 0.0585. The van der Waals surface area contributed by atoms with Crippen LogP contribution in [0.1, 0.15) is 40.5 Å². The quantitative estimate of drug-likeness (QED) is 0.556. The molecule has 1 aliphatic rings. The van der Waals surface area contributed by atoms with E-state index in [9.17, 15) is 17.6 Å². The molecule has 1 fully saturated rings. The molecule has 2 aromatic carbocycles. The Morgan fingerprint density at radius 1 is 1.16 bits per heavy atom. The van der Waals surface area contributed by atoms with Crippen LogP contribution in [-0.2, 0) is 22.8 Å². The first kappa shape index (κ1) is 22.2. The molecule has 2 heterocycles. The number of hydrogen-bond acceptors (Lipinski definition) is 5. The highest BCUT2D eigenvalue weighted by Gasteiger charge is 2.36. The number of aromatic nitrogens is 1. The second kappa shape index (κ2) is 8.86. The molecule has 1 amide bonds. The smallest absolute Gasteiger partial charge is 0.276 e. The van der Waals surface area contributed by atoms with E-state index in [2.05, 4.69) is 12.1 Å². The number of nitrogens with zero attached hydrogens (tertiary/aromatic N) is 2. The molecule has 8 heteroatoms. The van der Waals surface area contributed by atoms with Crippen molar-refractivity contribution >= 4 is 15.7 Å². The number of carbonyl (C=O) groups excluding carboxylic acids is 1. The highest BCUT2D eigenvalue weighted by atomic mass is 32.2. The van der Waals surface area contributed by atoms with E-state index in [1.165, 1.54) is 17.7 Å². The number of carbonyl (C=O) groups is 1. The van der Waals surface area contributed by atoms with Crippen molar-refractivity contribution in [3.63, 3.8) is 0 Å². The van der Waals surface area contributed by atoms with E-state index in [1.807, 2.05) is 24.3 Å². The monoisotopic (exact) mass is 456 g/mol. The van der Waals surface area contributed by atoms with Crippen LogP contribution in [-0.4, -0.2) is 41.9 Å². The fourth-order valence-corrected chi connectivity index (χ4v) is 5.60. The van der Waals surface area contributed by atoms with Crippen molar-refractivity contribution in [3.8, 4) is 11.3 Å². The molecule has 1 aromatic heterocycles. The summed E-state index contributed by atoms with van der Waals surface area (Å²) in [5, 5.41) is 3.90. The van der Waals surface area contributed by atoms with Crippen molar-refractivity contribution in [1.82, 2.24) is 10.1 Å². The molecule has 0 spiro atoms. The maximum Gasteiger partial charge on any atom is 0.276 e. The normalized spacial score (nSPS) is 17.4. The summed E-state index contributed by atoms with van der Waals surface area (Å²) in [6.45, 7) is 4.00. The minimum Gasteiger partial charge on any atom is -0.355 e. The van der Waals surface area contributed by atoms with Gasteiger partial charge in [-0.05, 0) is 42.5 Å². The van der Waals surface area contributed by atoms with Crippen LogP contribution in [0.5, 0.6) is 0 Å². The molecule has 3 aromatic rings. The number of halogens is 1. The van der Waals surface area contributed by atoms with Crippen LogP contribution < -0.4 is 0 Å². The molecule has 6 nitrogen and oxygen atoms in total. The van der Waals surface area contributed by atoms with Gasteiger partial charge in [0.25, 0.3) is 5.91 Å². The van der Waals surface area contributed by atoms with Gasteiger partial charge in [-0.3, -0.25) is 4.79 Å². The van der Waals surface area contributed by atoms with Crippen LogP contribution in [0.3, 0.4) is 0 Å². The topological polar surface area (TPSA) is 80.5 Å². The Morgan fingerprint density at radius 3 is 2.50 bits per heavy atom. The summed E-state index contributed by atoms with van der Waals surface area (Å²) in [4.78, 5) is 14.9. The van der Waals surface area contributed by atoms with E-state index in [0.717, 1.165) is 12.0 Å². The average Bonchev–Trinajstić information content (AvgIpc) is 3.40. The Balaban J connectivity index is 1.62. The van der Waals surface area contributed by atoms with Crippen LogP contribution in [0.15, 0.2) is 53.1 Å². The summed E-state index contributed by atoms with van der Waals surface area (Å²) < 4.78 is 43.4. The molecule has 1 unspecified atom stereocenters. The standard InChI is InChI=1S/C24H25FN2O4S/c1-3-17-5-7-18(8-6-17)14-27(20-10-11-32(29,30)15-20)24(28)22-13-23(31-26-22)19-9-4-16(2)21(25)12-19/h4-9,12-13,20H,3,10-11,14-15H2,1-2H3. The summed E-state index contributed by atoms with van der Waals surface area (Å²) in [6, 6.07) is 13.6. The third-order valence-electron chi connectivity index (χ3n) is 5.88. The van der Waals surface area contributed by atoms with Crippen molar-refractivity contribution in [2.24, 2.45) is 0 Å². The van der Waals surface area contributed by atoms with E-state index >= 15 is 0 Å². The molecule has 1 atom stereocenters. The molecule has 168 valence electrons. The van der Waals surface area contributed by atoms with Gasteiger partial charge in [-0.15, -0.1) is 0 Å². The molecule has 0 radical (unpaired) electrons. The van der Waals surface area contributed by atoms with Gasteiger partial charge < -0.3 is 9.42 Å². The minimum atomic E-state index is -3.19. The van der Waals surface area contributed by atoms with Crippen LogP contribution in [0.2, 0.25) is 0 Å². The van der Waals surface area contributed by atoms with Gasteiger partial charge in [0, 0.05) is 24.2 Å². The Hall–Kier alpha value is -3.00. The fraction of sp³-hybridized carbons (Fsp3) is 0.333. The number of sulfone groups is 1. The molecule has 32 heavy (non-hydrogen) atoms. The van der Waals surface area contributed by atoms with Gasteiger partial charge in [-0.1, -0.05) is 48.5 Å². The number of benzene rings is 2. The maximum absolute atomic E-state index is 13.9. The highest BCUT2D eigenvalue weighted by Crippen LogP contribution is 2.26. The summed E-state index contributed by atoms with van der Waals surface area (Å²) >= 11 is 0. The van der Waals surface area contributed by atoms with E-state index < -0.39 is 21.8 Å². The van der Waals surface area contributed by atoms with Crippen molar-refractivity contribution < 1.29 is 22.1 Å². The summed E-state index contributed by atoms with van der Waals surface area (Å²) in [5.41, 5.74) is 3.14. The zero-order chi connectivity index (χ0) is 22.9. The molecule has 0 bridgehead atoms. The first-order valence-corrected chi connectivity index (χ1v) is 12.4. The SMILES string of the molecule is CCc1ccc(CN(C(=O)c2cc(-c3ccc(C)c(F)c3)on2)C2CCS(=O)(=O)C2)cc1. The highest BCUT2D eigenvalue weighted by molar-refractivity contribution is 7.91. The molecular weight excluding hydrogens is 431 g/mol. The average molecular weight is 457 g/mol. The number of hydrogen-bond donors (Lipinski definition) is 0. The van der Waals surface area contributed by atoms with Crippen molar-refractivity contribution in [1.29, 1.82) is 0 Å². The van der Waals surface area contributed by atoms with Crippen LogP contribution >= 0.6 is 0 Å². The van der Waals surface area contributed by atoms with Crippen molar-refractivity contribution in [2.45, 2.75) is 39.3 Å².